The number of amidine groups is 1. The number of rotatable bonds is 5. The summed E-state index contributed by atoms with van der Waals surface area (Å²) in [6, 6.07) is 0. The van der Waals surface area contributed by atoms with E-state index in [-0.39, 0.29) is 12.3 Å². The number of hydrogen-bond acceptors (Lipinski definition) is 5. The van der Waals surface area contributed by atoms with Crippen LogP contribution < -0.4 is 16.0 Å². The summed E-state index contributed by atoms with van der Waals surface area (Å²) < 4.78 is 42.7. The van der Waals surface area contributed by atoms with Gasteiger partial charge in [-0.2, -0.15) is 13.2 Å². The molecular formula is C14H19F3N4O4. The normalized spacial score (nSPS) is 23.1. The van der Waals surface area contributed by atoms with Gasteiger partial charge in [-0.15, -0.1) is 0 Å². The fourth-order valence-electron chi connectivity index (χ4n) is 2.75. The Labute approximate surface area is 141 Å². The predicted molar refractivity (Wildman–Crippen MR) is 79.5 cm³/mol. The van der Waals surface area contributed by atoms with Crippen molar-refractivity contribution in [3.05, 3.63) is 11.8 Å². The number of carboxylic acid groups (broad SMARTS) is 1. The molecule has 0 radical (unpaired) electrons. The van der Waals surface area contributed by atoms with E-state index in [1.165, 1.54) is 0 Å². The zero-order chi connectivity index (χ0) is 18.7. The van der Waals surface area contributed by atoms with Crippen molar-refractivity contribution in [1.29, 1.82) is 5.41 Å². The highest BCUT2D eigenvalue weighted by atomic mass is 19.4. The molecule has 2 rings (SSSR count). The standard InChI is InChI=1S/C14H19F3N4O4/c15-14(16,17)10(18)21-12-19-8(6-9(22)20-12)7-25-13(11(23)24)4-2-1-3-5-13/h6,12,19H,1-5,7H2,(H2,18,21)(H,20,22)(H,23,24). The van der Waals surface area contributed by atoms with Crippen LogP contribution in [0.15, 0.2) is 11.8 Å². The molecule has 5 N–H and O–H groups in total. The van der Waals surface area contributed by atoms with Gasteiger partial charge in [0.1, 0.15) is 0 Å². The lowest BCUT2D eigenvalue weighted by molar-refractivity contribution is -0.169. The SMILES string of the molecule is N=C(NC1NC(=O)C=C(COC2(C(=O)O)CCCCC2)N1)C(F)(F)F. The molecule has 8 nitrogen and oxygen atoms in total. The highest BCUT2D eigenvalue weighted by molar-refractivity contribution is 5.90. The molecule has 1 amide bonds. The molecule has 0 aromatic heterocycles. The number of ether oxygens (including phenoxy) is 1. The number of carbonyl (C=O) groups is 2. The average molecular weight is 364 g/mol. The number of halogens is 3. The van der Waals surface area contributed by atoms with Gasteiger partial charge in [0.15, 0.2) is 11.9 Å². The maximum Gasteiger partial charge on any atom is 0.448 e. The minimum absolute atomic E-state index is 0.127. The molecule has 0 aromatic carbocycles. The summed E-state index contributed by atoms with van der Waals surface area (Å²) in [5.41, 5.74) is -1.22. The summed E-state index contributed by atoms with van der Waals surface area (Å²) in [5, 5.41) is 22.8. The van der Waals surface area contributed by atoms with Crippen LogP contribution in [0.25, 0.3) is 0 Å². The molecular weight excluding hydrogens is 345 g/mol. The van der Waals surface area contributed by atoms with E-state index in [9.17, 15) is 27.9 Å². The lowest BCUT2D eigenvalue weighted by atomic mass is 9.84. The van der Waals surface area contributed by atoms with E-state index < -0.39 is 35.8 Å². The molecule has 1 aliphatic heterocycles. The van der Waals surface area contributed by atoms with Crippen LogP contribution in [0.5, 0.6) is 0 Å². The lowest BCUT2D eigenvalue weighted by Gasteiger charge is -2.34. The van der Waals surface area contributed by atoms with Crippen molar-refractivity contribution in [1.82, 2.24) is 16.0 Å². The van der Waals surface area contributed by atoms with Gasteiger partial charge in [0.2, 0.25) is 11.7 Å². The van der Waals surface area contributed by atoms with Crippen LogP contribution in [0.3, 0.4) is 0 Å². The zero-order valence-corrected chi connectivity index (χ0v) is 13.2. The maximum absolute atomic E-state index is 12.4. The van der Waals surface area contributed by atoms with E-state index in [1.54, 1.807) is 5.32 Å². The second kappa shape index (κ2) is 7.30. The Bertz CT molecular complexity index is 585. The second-order valence-corrected chi connectivity index (χ2v) is 5.92. The molecule has 1 heterocycles. The number of nitrogens with one attached hydrogen (secondary N) is 4. The van der Waals surface area contributed by atoms with Crippen LogP contribution in [-0.4, -0.2) is 47.5 Å². The van der Waals surface area contributed by atoms with Crippen LogP contribution in [0.2, 0.25) is 0 Å². The first-order chi connectivity index (χ1) is 11.6. The first kappa shape index (κ1) is 19.0. The highest BCUT2D eigenvalue weighted by Crippen LogP contribution is 2.32. The van der Waals surface area contributed by atoms with Crippen molar-refractivity contribution in [3.63, 3.8) is 0 Å². The smallest absolute Gasteiger partial charge is 0.448 e. The first-order valence-corrected chi connectivity index (χ1v) is 7.70. The summed E-state index contributed by atoms with van der Waals surface area (Å²) in [4.78, 5) is 23.1. The predicted octanol–water partition coefficient (Wildman–Crippen LogP) is 0.807. The van der Waals surface area contributed by atoms with Crippen molar-refractivity contribution in [2.45, 2.75) is 50.2 Å². The Morgan fingerprint density at radius 3 is 2.56 bits per heavy atom. The van der Waals surface area contributed by atoms with E-state index >= 15 is 0 Å². The maximum atomic E-state index is 12.4. The molecule has 1 fully saturated rings. The van der Waals surface area contributed by atoms with E-state index in [0.29, 0.717) is 25.7 Å². The number of aliphatic carboxylic acids is 1. The van der Waals surface area contributed by atoms with Gasteiger partial charge in [-0.1, -0.05) is 6.42 Å². The van der Waals surface area contributed by atoms with Gasteiger partial charge in [0.25, 0.3) is 0 Å². The first-order valence-electron chi connectivity index (χ1n) is 7.70. The molecule has 1 saturated carbocycles. The molecule has 0 bridgehead atoms. The molecule has 0 aromatic rings. The molecule has 140 valence electrons. The topological polar surface area (TPSA) is 124 Å². The summed E-state index contributed by atoms with van der Waals surface area (Å²) in [6.07, 6.45) is -2.17. The lowest BCUT2D eigenvalue weighted by Crippen LogP contribution is -2.60. The number of amides is 1. The fourth-order valence-corrected chi connectivity index (χ4v) is 2.75. The number of carbonyl (C=O) groups excluding carboxylic acids is 1. The van der Waals surface area contributed by atoms with Crippen LogP contribution in [0.4, 0.5) is 13.2 Å². The van der Waals surface area contributed by atoms with Gasteiger partial charge in [-0.25, -0.2) is 4.79 Å². The highest BCUT2D eigenvalue weighted by Gasteiger charge is 2.41. The van der Waals surface area contributed by atoms with Gasteiger partial charge in [0, 0.05) is 11.8 Å². The third kappa shape index (κ3) is 4.84. The van der Waals surface area contributed by atoms with Gasteiger partial charge < -0.3 is 25.8 Å². The second-order valence-electron chi connectivity index (χ2n) is 5.92. The summed E-state index contributed by atoms with van der Waals surface area (Å²) >= 11 is 0. The van der Waals surface area contributed by atoms with Crippen LogP contribution in [-0.2, 0) is 14.3 Å². The van der Waals surface area contributed by atoms with Crippen molar-refractivity contribution in [2.24, 2.45) is 0 Å². The monoisotopic (exact) mass is 364 g/mol. The molecule has 25 heavy (non-hydrogen) atoms. The summed E-state index contributed by atoms with van der Waals surface area (Å²) in [7, 11) is 0. The van der Waals surface area contributed by atoms with Gasteiger partial charge in [-0.3, -0.25) is 10.2 Å². The molecule has 2 aliphatic rings. The number of alkyl halides is 3. The van der Waals surface area contributed by atoms with Gasteiger partial charge in [0.05, 0.1) is 6.61 Å². The van der Waals surface area contributed by atoms with Crippen LogP contribution in [0.1, 0.15) is 32.1 Å². The van der Waals surface area contributed by atoms with E-state index in [0.717, 1.165) is 12.5 Å². The van der Waals surface area contributed by atoms with E-state index in [2.05, 4.69) is 10.6 Å². The minimum atomic E-state index is -4.88. The van der Waals surface area contributed by atoms with Crippen molar-refractivity contribution >= 4 is 17.7 Å². The Hall–Kier alpha value is -2.30. The molecule has 1 aliphatic carbocycles. The fraction of sp³-hybridized carbons (Fsp3) is 0.643. The molecule has 1 unspecified atom stereocenters. The third-order valence-corrected chi connectivity index (χ3v) is 4.05. The third-order valence-electron chi connectivity index (χ3n) is 4.05. The Morgan fingerprint density at radius 1 is 1.36 bits per heavy atom. The summed E-state index contributed by atoms with van der Waals surface area (Å²) in [5.74, 6) is -3.50. The van der Waals surface area contributed by atoms with E-state index in [1.807, 2.05) is 0 Å². The quantitative estimate of drug-likeness (QED) is 0.363. The Balaban J connectivity index is 1.98. The van der Waals surface area contributed by atoms with Crippen molar-refractivity contribution in [3.8, 4) is 0 Å². The number of hydrogen-bond donors (Lipinski definition) is 5. The average Bonchev–Trinajstić information content (AvgIpc) is 2.52. The molecule has 0 saturated heterocycles. The van der Waals surface area contributed by atoms with Crippen molar-refractivity contribution in [2.75, 3.05) is 6.61 Å². The molecule has 1 atom stereocenters. The Kier molecular flexibility index (Phi) is 5.55. The Morgan fingerprint density at radius 2 is 2.00 bits per heavy atom. The van der Waals surface area contributed by atoms with Gasteiger partial charge >= 0.3 is 12.1 Å². The van der Waals surface area contributed by atoms with Gasteiger partial charge in [-0.05, 0) is 25.7 Å². The largest absolute Gasteiger partial charge is 0.479 e. The minimum Gasteiger partial charge on any atom is -0.479 e. The van der Waals surface area contributed by atoms with Crippen molar-refractivity contribution < 1.29 is 32.6 Å². The molecule has 0 spiro atoms. The van der Waals surface area contributed by atoms with Crippen LogP contribution in [0, 0.1) is 5.41 Å². The van der Waals surface area contributed by atoms with E-state index in [4.69, 9.17) is 10.1 Å². The number of carboxylic acids is 1. The van der Waals surface area contributed by atoms with Crippen LogP contribution >= 0.6 is 0 Å². The summed E-state index contributed by atoms with van der Waals surface area (Å²) in [6.45, 7) is -0.267. The molecule has 11 heteroatoms. The zero-order valence-electron chi connectivity index (χ0n) is 13.2.